The highest BCUT2D eigenvalue weighted by atomic mass is 16.5. The van der Waals surface area contributed by atoms with E-state index < -0.39 is 0 Å². The molecule has 0 bridgehead atoms. The first-order valence-electron chi connectivity index (χ1n) is 6.27. The lowest BCUT2D eigenvalue weighted by molar-refractivity contribution is -0.139. The van der Waals surface area contributed by atoms with E-state index in [2.05, 4.69) is 14.7 Å². The molecule has 1 unspecified atom stereocenters. The molecule has 0 saturated carbocycles. The molecule has 0 aliphatic rings. The summed E-state index contributed by atoms with van der Waals surface area (Å²) in [5.41, 5.74) is 1.66. The lowest BCUT2D eigenvalue weighted by Gasteiger charge is -2.13. The Balaban J connectivity index is 1.98. The molecule has 0 N–H and O–H groups in total. The molecule has 1 aromatic heterocycles. The SMILES string of the molecule is COC(=O)Cc1ccc(OC(C)c2cnccn2)cc1. The van der Waals surface area contributed by atoms with Gasteiger partial charge in [0.2, 0.25) is 0 Å². The summed E-state index contributed by atoms with van der Waals surface area (Å²) >= 11 is 0. The lowest BCUT2D eigenvalue weighted by atomic mass is 10.1. The van der Waals surface area contributed by atoms with Gasteiger partial charge < -0.3 is 9.47 Å². The number of esters is 1. The number of rotatable bonds is 5. The largest absolute Gasteiger partial charge is 0.484 e. The van der Waals surface area contributed by atoms with Crippen molar-refractivity contribution in [2.45, 2.75) is 19.4 Å². The van der Waals surface area contributed by atoms with Crippen molar-refractivity contribution in [2.24, 2.45) is 0 Å². The van der Waals surface area contributed by atoms with Gasteiger partial charge in [0, 0.05) is 12.4 Å². The van der Waals surface area contributed by atoms with Crippen LogP contribution in [0.25, 0.3) is 0 Å². The summed E-state index contributed by atoms with van der Waals surface area (Å²) in [6, 6.07) is 7.33. The predicted octanol–water partition coefficient (Wildman–Crippen LogP) is 2.33. The van der Waals surface area contributed by atoms with Gasteiger partial charge in [-0.05, 0) is 24.6 Å². The Morgan fingerprint density at radius 2 is 2.00 bits per heavy atom. The molecular weight excluding hydrogens is 256 g/mol. The summed E-state index contributed by atoms with van der Waals surface area (Å²) in [4.78, 5) is 19.4. The van der Waals surface area contributed by atoms with E-state index in [1.165, 1.54) is 7.11 Å². The Kier molecular flexibility index (Phi) is 4.65. The van der Waals surface area contributed by atoms with E-state index in [0.29, 0.717) is 0 Å². The quantitative estimate of drug-likeness (QED) is 0.782. The maximum atomic E-state index is 11.2. The number of benzene rings is 1. The summed E-state index contributed by atoms with van der Waals surface area (Å²) in [6.45, 7) is 1.91. The van der Waals surface area contributed by atoms with Crippen LogP contribution in [-0.4, -0.2) is 23.0 Å². The summed E-state index contributed by atoms with van der Waals surface area (Å²) in [5.74, 6) is 0.461. The standard InChI is InChI=1S/C15H16N2O3/c1-11(14-10-16-7-8-17-14)20-13-5-3-12(4-6-13)9-15(18)19-2/h3-8,10-11H,9H2,1-2H3. The van der Waals surface area contributed by atoms with Crippen LogP contribution in [0.15, 0.2) is 42.9 Å². The van der Waals surface area contributed by atoms with E-state index in [1.807, 2.05) is 31.2 Å². The van der Waals surface area contributed by atoms with Gasteiger partial charge in [-0.15, -0.1) is 0 Å². The van der Waals surface area contributed by atoms with Crippen LogP contribution in [0.4, 0.5) is 0 Å². The Bertz CT molecular complexity index is 555. The van der Waals surface area contributed by atoms with E-state index >= 15 is 0 Å². The maximum Gasteiger partial charge on any atom is 0.309 e. The van der Waals surface area contributed by atoms with E-state index in [0.717, 1.165) is 17.0 Å². The second-order valence-electron chi connectivity index (χ2n) is 4.29. The van der Waals surface area contributed by atoms with Gasteiger partial charge in [-0.2, -0.15) is 0 Å². The van der Waals surface area contributed by atoms with Crippen LogP contribution in [0.3, 0.4) is 0 Å². The summed E-state index contributed by atoms with van der Waals surface area (Å²) in [5, 5.41) is 0. The third kappa shape index (κ3) is 3.78. The maximum absolute atomic E-state index is 11.2. The van der Waals surface area contributed by atoms with E-state index in [1.54, 1.807) is 18.6 Å². The first kappa shape index (κ1) is 14.0. The monoisotopic (exact) mass is 272 g/mol. The number of hydrogen-bond acceptors (Lipinski definition) is 5. The van der Waals surface area contributed by atoms with Crippen LogP contribution in [0, 0.1) is 0 Å². The molecule has 0 aliphatic carbocycles. The number of aromatic nitrogens is 2. The average molecular weight is 272 g/mol. The molecule has 5 nitrogen and oxygen atoms in total. The molecule has 2 aromatic rings. The minimum Gasteiger partial charge on any atom is -0.484 e. The van der Waals surface area contributed by atoms with Gasteiger partial charge in [0.1, 0.15) is 11.9 Å². The zero-order valence-electron chi connectivity index (χ0n) is 11.4. The molecule has 0 fully saturated rings. The van der Waals surface area contributed by atoms with Gasteiger partial charge >= 0.3 is 5.97 Å². The molecule has 2 rings (SSSR count). The van der Waals surface area contributed by atoms with Crippen molar-refractivity contribution < 1.29 is 14.3 Å². The summed E-state index contributed by atoms with van der Waals surface area (Å²) in [6.07, 6.45) is 5.01. The molecule has 104 valence electrons. The second kappa shape index (κ2) is 6.65. The topological polar surface area (TPSA) is 61.3 Å². The Hall–Kier alpha value is -2.43. The van der Waals surface area contributed by atoms with Gasteiger partial charge in [0.15, 0.2) is 0 Å². The summed E-state index contributed by atoms with van der Waals surface area (Å²) < 4.78 is 10.4. The lowest BCUT2D eigenvalue weighted by Crippen LogP contribution is -2.06. The predicted molar refractivity (Wildman–Crippen MR) is 73.2 cm³/mol. The van der Waals surface area contributed by atoms with Crippen molar-refractivity contribution in [3.8, 4) is 5.75 Å². The number of hydrogen-bond donors (Lipinski definition) is 0. The average Bonchev–Trinajstić information content (AvgIpc) is 2.50. The molecule has 1 aromatic carbocycles. The van der Waals surface area contributed by atoms with Gasteiger partial charge in [-0.1, -0.05) is 12.1 Å². The van der Waals surface area contributed by atoms with Gasteiger partial charge in [-0.25, -0.2) is 0 Å². The third-order valence-corrected chi connectivity index (χ3v) is 2.81. The van der Waals surface area contributed by atoms with Crippen molar-refractivity contribution in [3.05, 3.63) is 54.1 Å². The van der Waals surface area contributed by atoms with Crippen LogP contribution in [0.1, 0.15) is 24.3 Å². The second-order valence-corrected chi connectivity index (χ2v) is 4.29. The van der Waals surface area contributed by atoms with Crippen LogP contribution in [-0.2, 0) is 16.0 Å². The number of nitrogens with zero attached hydrogens (tertiary/aromatic N) is 2. The van der Waals surface area contributed by atoms with Crippen LogP contribution in [0.5, 0.6) is 5.75 Å². The molecular formula is C15H16N2O3. The smallest absolute Gasteiger partial charge is 0.309 e. The van der Waals surface area contributed by atoms with Crippen LogP contribution >= 0.6 is 0 Å². The van der Waals surface area contributed by atoms with E-state index in [-0.39, 0.29) is 18.5 Å². The number of methoxy groups -OCH3 is 1. The van der Waals surface area contributed by atoms with Crippen LogP contribution in [0.2, 0.25) is 0 Å². The normalized spacial score (nSPS) is 11.7. The molecule has 0 radical (unpaired) electrons. The number of ether oxygens (including phenoxy) is 2. The minimum absolute atomic E-state index is 0.185. The van der Waals surface area contributed by atoms with Gasteiger partial charge in [0.05, 0.1) is 25.4 Å². The Labute approximate surface area is 117 Å². The minimum atomic E-state index is -0.258. The molecule has 0 aliphatic heterocycles. The van der Waals surface area contributed by atoms with Crippen molar-refractivity contribution in [1.29, 1.82) is 0 Å². The van der Waals surface area contributed by atoms with Crippen molar-refractivity contribution in [2.75, 3.05) is 7.11 Å². The molecule has 20 heavy (non-hydrogen) atoms. The van der Waals surface area contributed by atoms with Crippen molar-refractivity contribution >= 4 is 5.97 Å². The fraction of sp³-hybridized carbons (Fsp3) is 0.267. The highest BCUT2D eigenvalue weighted by Gasteiger charge is 2.09. The first-order chi connectivity index (χ1) is 9.69. The van der Waals surface area contributed by atoms with Gasteiger partial charge in [0.25, 0.3) is 0 Å². The first-order valence-corrected chi connectivity index (χ1v) is 6.27. The Morgan fingerprint density at radius 3 is 2.60 bits per heavy atom. The number of carbonyl (C=O) groups excluding carboxylic acids is 1. The summed E-state index contributed by atoms with van der Waals surface area (Å²) in [7, 11) is 1.38. The highest BCUT2D eigenvalue weighted by Crippen LogP contribution is 2.20. The molecule has 5 heteroatoms. The molecule has 1 heterocycles. The van der Waals surface area contributed by atoms with Crippen molar-refractivity contribution in [3.63, 3.8) is 0 Å². The fourth-order valence-corrected chi connectivity index (χ4v) is 1.71. The Morgan fingerprint density at radius 1 is 1.25 bits per heavy atom. The van der Waals surface area contributed by atoms with E-state index in [9.17, 15) is 4.79 Å². The van der Waals surface area contributed by atoms with Gasteiger partial charge in [-0.3, -0.25) is 14.8 Å². The fourth-order valence-electron chi connectivity index (χ4n) is 1.71. The molecule has 0 spiro atoms. The number of carbonyl (C=O) groups is 1. The highest BCUT2D eigenvalue weighted by molar-refractivity contribution is 5.72. The molecule has 1 atom stereocenters. The zero-order chi connectivity index (χ0) is 14.4. The van der Waals surface area contributed by atoms with Crippen LogP contribution < -0.4 is 4.74 Å². The van der Waals surface area contributed by atoms with E-state index in [4.69, 9.17) is 4.74 Å². The van der Waals surface area contributed by atoms with Crippen molar-refractivity contribution in [1.82, 2.24) is 9.97 Å². The zero-order valence-corrected chi connectivity index (χ0v) is 11.4. The molecule has 0 saturated heterocycles. The molecule has 0 amide bonds. The third-order valence-electron chi connectivity index (χ3n) is 2.81.